The SMILES string of the molecule is O=C1[C@@H]2[C@H](C(=O)N1CCCCCOP(=O)(OCC(Cl)(Cl)Cl)OCC(Cl)(Cl)Cl)[C@H]1CC[C@@H]2O1. The molecule has 8 nitrogen and oxygen atoms in total. The Hall–Kier alpha value is 0.950. The quantitative estimate of drug-likeness (QED) is 0.140. The minimum atomic E-state index is -4.16. The lowest BCUT2D eigenvalue weighted by Crippen LogP contribution is -2.35. The van der Waals surface area contributed by atoms with Gasteiger partial charge in [0.05, 0.1) is 30.7 Å². The third kappa shape index (κ3) is 7.23. The lowest BCUT2D eigenvalue weighted by atomic mass is 9.81. The molecule has 3 fully saturated rings. The molecule has 3 rings (SSSR count). The predicted octanol–water partition coefficient (Wildman–Crippen LogP) is 5.22. The van der Waals surface area contributed by atoms with Crippen LogP contribution in [-0.4, -0.2) is 62.9 Å². The van der Waals surface area contributed by atoms with E-state index in [1.54, 1.807) is 0 Å². The van der Waals surface area contributed by atoms with Crippen LogP contribution in [-0.2, 0) is 32.5 Å². The van der Waals surface area contributed by atoms with Crippen LogP contribution in [0.4, 0.5) is 0 Å². The van der Waals surface area contributed by atoms with Gasteiger partial charge in [0.1, 0.15) is 13.2 Å². The molecule has 0 aromatic rings. The molecule has 3 aliphatic rings. The second-order valence-electron chi connectivity index (χ2n) is 7.79. The van der Waals surface area contributed by atoms with Gasteiger partial charge in [-0.3, -0.25) is 28.1 Å². The van der Waals surface area contributed by atoms with Gasteiger partial charge in [-0.2, -0.15) is 0 Å². The molecule has 15 heteroatoms. The van der Waals surface area contributed by atoms with E-state index in [4.69, 9.17) is 87.9 Å². The van der Waals surface area contributed by atoms with E-state index in [-0.39, 0.29) is 42.5 Å². The fourth-order valence-electron chi connectivity index (χ4n) is 4.14. The first-order chi connectivity index (χ1) is 14.8. The lowest BCUT2D eigenvalue weighted by molar-refractivity contribution is -0.142. The standard InChI is InChI=1S/C17H22Cl6NO7P/c18-16(19,20)8-29-32(27,30-9-17(21,22)23)28-7-3-1-2-6-24-14(25)12-10-4-5-11(31-10)13(12)15(24)26/h10-13H,1-9H2/t10-,11+,12-,13+. The van der Waals surface area contributed by atoms with Crippen molar-refractivity contribution in [1.29, 1.82) is 0 Å². The number of phosphoric ester groups is 1. The zero-order valence-electron chi connectivity index (χ0n) is 16.7. The summed E-state index contributed by atoms with van der Waals surface area (Å²) in [5.74, 6) is -0.956. The Morgan fingerprint density at radius 1 is 0.844 bits per heavy atom. The average molecular weight is 596 g/mol. The van der Waals surface area contributed by atoms with E-state index >= 15 is 0 Å². The first-order valence-electron chi connectivity index (χ1n) is 9.97. The van der Waals surface area contributed by atoms with Gasteiger partial charge in [-0.05, 0) is 32.1 Å². The lowest BCUT2D eigenvalue weighted by Gasteiger charge is -2.22. The summed E-state index contributed by atoms with van der Waals surface area (Å²) in [6.45, 7) is -0.846. The van der Waals surface area contributed by atoms with Crippen molar-refractivity contribution in [2.45, 2.75) is 51.9 Å². The first kappa shape index (κ1) is 27.5. The highest BCUT2D eigenvalue weighted by Crippen LogP contribution is 2.52. The van der Waals surface area contributed by atoms with Gasteiger partial charge >= 0.3 is 7.82 Å². The Morgan fingerprint density at radius 2 is 1.34 bits per heavy atom. The van der Waals surface area contributed by atoms with Gasteiger partial charge in [0.2, 0.25) is 19.4 Å². The van der Waals surface area contributed by atoms with Crippen molar-refractivity contribution in [3.05, 3.63) is 0 Å². The molecule has 3 heterocycles. The summed E-state index contributed by atoms with van der Waals surface area (Å²) >= 11 is 33.6. The fourth-order valence-corrected chi connectivity index (χ4v) is 6.20. The summed E-state index contributed by atoms with van der Waals surface area (Å²) in [5, 5.41) is 0. The van der Waals surface area contributed by atoms with Gasteiger partial charge < -0.3 is 4.74 Å². The molecule has 0 N–H and O–H groups in total. The van der Waals surface area contributed by atoms with E-state index in [1.807, 2.05) is 0 Å². The number of likely N-dealkylation sites (tertiary alicyclic amines) is 1. The maximum absolute atomic E-state index is 12.7. The van der Waals surface area contributed by atoms with E-state index in [0.29, 0.717) is 25.8 Å². The second-order valence-corrected chi connectivity index (χ2v) is 14.5. The van der Waals surface area contributed by atoms with Gasteiger partial charge in [-0.1, -0.05) is 69.6 Å². The van der Waals surface area contributed by atoms with Gasteiger partial charge in [-0.15, -0.1) is 0 Å². The molecule has 0 aromatic carbocycles. The fraction of sp³-hybridized carbons (Fsp3) is 0.882. The monoisotopic (exact) mass is 593 g/mol. The van der Waals surface area contributed by atoms with Crippen LogP contribution >= 0.6 is 77.4 Å². The minimum absolute atomic E-state index is 0.0257. The number of unbranched alkanes of at least 4 members (excludes halogenated alkanes) is 2. The number of halogens is 6. The highest BCUT2D eigenvalue weighted by molar-refractivity contribution is 7.48. The van der Waals surface area contributed by atoms with Gasteiger partial charge in [0.25, 0.3) is 0 Å². The number of alkyl halides is 6. The number of imide groups is 1. The van der Waals surface area contributed by atoms with E-state index in [0.717, 1.165) is 12.8 Å². The van der Waals surface area contributed by atoms with Gasteiger partial charge in [-0.25, -0.2) is 4.57 Å². The molecule has 3 aliphatic heterocycles. The number of carbonyl (C=O) groups excluding carboxylic acids is 2. The molecule has 0 aromatic heterocycles. The van der Waals surface area contributed by atoms with Crippen LogP contribution < -0.4 is 0 Å². The molecule has 0 radical (unpaired) electrons. The number of hydrogen-bond acceptors (Lipinski definition) is 7. The molecule has 0 saturated carbocycles. The number of amides is 2. The molecule has 184 valence electrons. The zero-order valence-corrected chi connectivity index (χ0v) is 22.1. The van der Waals surface area contributed by atoms with E-state index in [9.17, 15) is 14.2 Å². The molecule has 0 spiro atoms. The average Bonchev–Trinajstić information content (AvgIpc) is 3.36. The first-order valence-corrected chi connectivity index (χ1v) is 13.7. The molecule has 0 aliphatic carbocycles. The highest BCUT2D eigenvalue weighted by atomic mass is 35.6. The summed E-state index contributed by atoms with van der Waals surface area (Å²) in [6.07, 6.45) is 2.99. The minimum Gasteiger partial charge on any atom is -0.373 e. The molecule has 0 unspecified atom stereocenters. The Balaban J connectivity index is 1.40. The molecule has 2 bridgehead atoms. The summed E-state index contributed by atoms with van der Waals surface area (Å²) < 4.78 is 29.9. The summed E-state index contributed by atoms with van der Waals surface area (Å²) in [5.41, 5.74) is 0. The van der Waals surface area contributed by atoms with Crippen molar-refractivity contribution >= 4 is 89.2 Å². The van der Waals surface area contributed by atoms with Crippen molar-refractivity contribution in [2.24, 2.45) is 11.8 Å². The Labute approximate surface area is 215 Å². The van der Waals surface area contributed by atoms with Crippen molar-refractivity contribution in [2.75, 3.05) is 26.4 Å². The Bertz CT molecular complexity index is 711. The summed E-state index contributed by atoms with van der Waals surface area (Å²) in [7, 11) is -4.16. The van der Waals surface area contributed by atoms with Crippen molar-refractivity contribution in [3.63, 3.8) is 0 Å². The van der Waals surface area contributed by atoms with Crippen LogP contribution in [0.15, 0.2) is 0 Å². The number of fused-ring (bicyclic) bond motifs is 5. The van der Waals surface area contributed by atoms with Crippen LogP contribution in [0, 0.1) is 11.8 Å². The van der Waals surface area contributed by atoms with Crippen LogP contribution in [0.5, 0.6) is 0 Å². The summed E-state index contributed by atoms with van der Waals surface area (Å²) in [4.78, 5) is 26.6. The predicted molar refractivity (Wildman–Crippen MR) is 121 cm³/mol. The second kappa shape index (κ2) is 10.9. The summed E-state index contributed by atoms with van der Waals surface area (Å²) in [6, 6.07) is 0. The van der Waals surface area contributed by atoms with Gasteiger partial charge in [0, 0.05) is 6.54 Å². The molecule has 3 saturated heterocycles. The van der Waals surface area contributed by atoms with Crippen molar-refractivity contribution in [3.8, 4) is 0 Å². The largest absolute Gasteiger partial charge is 0.475 e. The van der Waals surface area contributed by atoms with Crippen LogP contribution in [0.25, 0.3) is 0 Å². The number of carbonyl (C=O) groups is 2. The van der Waals surface area contributed by atoms with Crippen LogP contribution in [0.1, 0.15) is 32.1 Å². The van der Waals surface area contributed by atoms with E-state index < -0.39 is 28.6 Å². The Morgan fingerprint density at radius 3 is 1.81 bits per heavy atom. The van der Waals surface area contributed by atoms with Crippen LogP contribution in [0.3, 0.4) is 0 Å². The zero-order chi connectivity index (χ0) is 23.7. The van der Waals surface area contributed by atoms with E-state index in [1.165, 1.54) is 4.90 Å². The third-order valence-electron chi connectivity index (χ3n) is 5.42. The van der Waals surface area contributed by atoms with Gasteiger partial charge in [0.15, 0.2) is 0 Å². The van der Waals surface area contributed by atoms with Crippen molar-refractivity contribution in [1.82, 2.24) is 4.90 Å². The molecule has 4 atom stereocenters. The number of nitrogens with zero attached hydrogens (tertiary/aromatic N) is 1. The molecule has 2 amide bonds. The molecular weight excluding hydrogens is 574 g/mol. The number of rotatable bonds is 11. The maximum Gasteiger partial charge on any atom is 0.475 e. The van der Waals surface area contributed by atoms with Crippen LogP contribution in [0.2, 0.25) is 0 Å². The molecule has 32 heavy (non-hydrogen) atoms. The molecular formula is C17H22Cl6NO7P. The van der Waals surface area contributed by atoms with Crippen molar-refractivity contribution < 1.29 is 32.5 Å². The topological polar surface area (TPSA) is 91.4 Å². The number of hydrogen-bond donors (Lipinski definition) is 0. The highest BCUT2D eigenvalue weighted by Gasteiger charge is 2.62. The normalized spacial score (nSPS) is 28.1. The van der Waals surface area contributed by atoms with E-state index in [2.05, 4.69) is 0 Å². The smallest absolute Gasteiger partial charge is 0.373 e. The number of phosphoric acid groups is 1. The third-order valence-corrected chi connectivity index (χ3v) is 7.47. The number of ether oxygens (including phenoxy) is 1. The maximum atomic E-state index is 12.7. The Kier molecular flexibility index (Phi) is 9.39.